The molecule has 1 aromatic carbocycles. The Kier molecular flexibility index (Phi) is 4.49. The van der Waals surface area contributed by atoms with E-state index in [4.69, 9.17) is 4.74 Å². The summed E-state index contributed by atoms with van der Waals surface area (Å²) in [5, 5.41) is 2.60. The molecule has 1 aromatic rings. The number of amides is 2. The van der Waals surface area contributed by atoms with Gasteiger partial charge in [0, 0.05) is 19.5 Å². The summed E-state index contributed by atoms with van der Waals surface area (Å²) in [6.07, 6.45) is -5.18. The molecule has 8 heteroatoms. The molecule has 2 aliphatic heterocycles. The third-order valence-electron chi connectivity index (χ3n) is 4.32. The fourth-order valence-corrected chi connectivity index (χ4v) is 3.11. The van der Waals surface area contributed by atoms with Gasteiger partial charge in [-0.25, -0.2) is 0 Å². The maximum atomic E-state index is 13.2. The van der Waals surface area contributed by atoms with Crippen LogP contribution in [-0.4, -0.2) is 43.0 Å². The molecule has 0 aromatic heterocycles. The van der Waals surface area contributed by atoms with Crippen LogP contribution >= 0.6 is 0 Å². The Morgan fingerprint density at radius 3 is 2.71 bits per heavy atom. The Hall–Kier alpha value is -2.09. The van der Waals surface area contributed by atoms with Crippen LogP contribution in [0.15, 0.2) is 24.3 Å². The highest BCUT2D eigenvalue weighted by atomic mass is 19.4. The highest BCUT2D eigenvalue weighted by Gasteiger charge is 2.38. The van der Waals surface area contributed by atoms with Crippen LogP contribution < -0.4 is 5.32 Å². The zero-order valence-corrected chi connectivity index (χ0v) is 12.8. The molecule has 24 heavy (non-hydrogen) atoms. The molecule has 0 radical (unpaired) electrons. The number of hydrogen-bond donors (Lipinski definition) is 1. The highest BCUT2D eigenvalue weighted by molar-refractivity contribution is 5.89. The summed E-state index contributed by atoms with van der Waals surface area (Å²) in [7, 11) is 0. The molecule has 2 amide bonds. The normalized spacial score (nSPS) is 24.8. The van der Waals surface area contributed by atoms with E-state index in [2.05, 4.69) is 5.32 Å². The van der Waals surface area contributed by atoms with Crippen LogP contribution in [0.25, 0.3) is 0 Å². The van der Waals surface area contributed by atoms with E-state index in [0.717, 1.165) is 6.07 Å². The number of morpholine rings is 1. The third kappa shape index (κ3) is 3.38. The monoisotopic (exact) mass is 342 g/mol. The van der Waals surface area contributed by atoms with E-state index in [9.17, 15) is 22.8 Å². The van der Waals surface area contributed by atoms with Crippen molar-refractivity contribution in [2.45, 2.75) is 18.7 Å². The molecule has 2 aliphatic rings. The molecule has 0 spiro atoms. The first-order valence-corrected chi connectivity index (χ1v) is 7.69. The smallest absolute Gasteiger partial charge is 0.370 e. The topological polar surface area (TPSA) is 58.6 Å². The molecule has 0 saturated carbocycles. The Morgan fingerprint density at radius 2 is 2.04 bits per heavy atom. The number of carbonyl (C=O) groups excluding carboxylic acids is 2. The largest absolute Gasteiger partial charge is 0.416 e. The summed E-state index contributed by atoms with van der Waals surface area (Å²) in [6, 6.07) is 5.24. The second kappa shape index (κ2) is 6.43. The van der Waals surface area contributed by atoms with E-state index in [-0.39, 0.29) is 43.5 Å². The molecule has 2 saturated heterocycles. The van der Waals surface area contributed by atoms with Crippen LogP contribution in [0.3, 0.4) is 0 Å². The van der Waals surface area contributed by atoms with Gasteiger partial charge in [-0.1, -0.05) is 18.2 Å². The second-order valence-corrected chi connectivity index (χ2v) is 5.93. The van der Waals surface area contributed by atoms with Gasteiger partial charge in [0.2, 0.25) is 11.8 Å². The van der Waals surface area contributed by atoms with Crippen molar-refractivity contribution in [3.05, 3.63) is 35.4 Å². The van der Waals surface area contributed by atoms with Crippen molar-refractivity contribution in [1.82, 2.24) is 10.2 Å². The minimum Gasteiger partial charge on any atom is -0.370 e. The minimum absolute atomic E-state index is 0.0307. The predicted molar refractivity (Wildman–Crippen MR) is 77.8 cm³/mol. The number of nitrogens with zero attached hydrogens (tertiary/aromatic N) is 1. The van der Waals surface area contributed by atoms with E-state index in [1.165, 1.54) is 23.1 Å². The van der Waals surface area contributed by atoms with Gasteiger partial charge in [0.05, 0.1) is 24.6 Å². The molecule has 1 N–H and O–H groups in total. The number of nitrogens with one attached hydrogen (secondary N) is 1. The zero-order chi connectivity index (χ0) is 17.3. The summed E-state index contributed by atoms with van der Waals surface area (Å²) < 4.78 is 45.0. The number of carbonyl (C=O) groups is 2. The zero-order valence-electron chi connectivity index (χ0n) is 12.8. The van der Waals surface area contributed by atoms with Gasteiger partial charge in [-0.2, -0.15) is 13.2 Å². The van der Waals surface area contributed by atoms with Crippen molar-refractivity contribution in [2.24, 2.45) is 5.92 Å². The van der Waals surface area contributed by atoms with Gasteiger partial charge in [0.1, 0.15) is 6.10 Å². The van der Waals surface area contributed by atoms with Crippen molar-refractivity contribution in [2.75, 3.05) is 26.2 Å². The molecule has 2 heterocycles. The van der Waals surface area contributed by atoms with Crippen molar-refractivity contribution in [3.8, 4) is 0 Å². The Balaban J connectivity index is 1.77. The molecule has 2 atom stereocenters. The molecular formula is C16H17F3N2O3. The minimum atomic E-state index is -4.48. The Labute approximate surface area is 136 Å². The van der Waals surface area contributed by atoms with Crippen molar-refractivity contribution in [3.63, 3.8) is 0 Å². The maximum absolute atomic E-state index is 13.2. The van der Waals surface area contributed by atoms with Gasteiger partial charge in [0.15, 0.2) is 0 Å². The highest BCUT2D eigenvalue weighted by Crippen LogP contribution is 2.36. The summed E-state index contributed by atoms with van der Waals surface area (Å²) in [5.74, 6) is -0.846. The first-order chi connectivity index (χ1) is 11.4. The maximum Gasteiger partial charge on any atom is 0.416 e. The lowest BCUT2D eigenvalue weighted by Gasteiger charge is -2.35. The van der Waals surface area contributed by atoms with Gasteiger partial charge >= 0.3 is 6.18 Å². The van der Waals surface area contributed by atoms with Crippen LogP contribution in [-0.2, 0) is 20.5 Å². The molecular weight excluding hydrogens is 325 g/mol. The summed E-state index contributed by atoms with van der Waals surface area (Å²) in [4.78, 5) is 25.2. The SMILES string of the molecule is O=C1C[C@H](C(=O)N2CCO[C@H](c3ccccc3C(F)(F)F)C2)CN1. The summed E-state index contributed by atoms with van der Waals surface area (Å²) >= 11 is 0. The van der Waals surface area contributed by atoms with Crippen molar-refractivity contribution in [1.29, 1.82) is 0 Å². The van der Waals surface area contributed by atoms with Crippen LogP contribution in [0.4, 0.5) is 13.2 Å². The molecule has 3 rings (SSSR count). The number of hydrogen-bond acceptors (Lipinski definition) is 3. The molecule has 5 nitrogen and oxygen atoms in total. The molecule has 0 aliphatic carbocycles. The van der Waals surface area contributed by atoms with Crippen molar-refractivity contribution < 1.29 is 27.5 Å². The number of ether oxygens (including phenoxy) is 1. The van der Waals surface area contributed by atoms with Crippen LogP contribution in [0.5, 0.6) is 0 Å². The number of halogens is 3. The second-order valence-electron chi connectivity index (χ2n) is 5.93. The quantitative estimate of drug-likeness (QED) is 0.891. The van der Waals surface area contributed by atoms with E-state index in [0.29, 0.717) is 6.54 Å². The Morgan fingerprint density at radius 1 is 1.29 bits per heavy atom. The van der Waals surface area contributed by atoms with Crippen LogP contribution in [0.1, 0.15) is 23.7 Å². The number of alkyl halides is 3. The molecule has 2 fully saturated rings. The van der Waals surface area contributed by atoms with Crippen molar-refractivity contribution >= 4 is 11.8 Å². The molecule has 130 valence electrons. The Bertz CT molecular complexity index is 648. The first-order valence-electron chi connectivity index (χ1n) is 7.69. The lowest BCUT2D eigenvalue weighted by Crippen LogP contribution is -2.45. The van der Waals surface area contributed by atoms with Gasteiger partial charge in [-0.15, -0.1) is 0 Å². The predicted octanol–water partition coefficient (Wildman–Crippen LogP) is 1.74. The van der Waals surface area contributed by atoms with E-state index in [1.807, 2.05) is 0 Å². The molecule has 0 unspecified atom stereocenters. The van der Waals surface area contributed by atoms with Gasteiger partial charge in [-0.3, -0.25) is 9.59 Å². The van der Waals surface area contributed by atoms with Gasteiger partial charge < -0.3 is 15.0 Å². The molecule has 0 bridgehead atoms. The fourth-order valence-electron chi connectivity index (χ4n) is 3.11. The third-order valence-corrected chi connectivity index (χ3v) is 4.32. The summed E-state index contributed by atoms with van der Waals surface area (Å²) in [6.45, 7) is 0.806. The number of rotatable bonds is 2. The van der Waals surface area contributed by atoms with E-state index < -0.39 is 23.8 Å². The van der Waals surface area contributed by atoms with Gasteiger partial charge in [0.25, 0.3) is 0 Å². The average molecular weight is 342 g/mol. The summed E-state index contributed by atoms with van der Waals surface area (Å²) in [5.41, 5.74) is -0.717. The number of benzene rings is 1. The first kappa shape index (κ1) is 16.8. The van der Waals surface area contributed by atoms with E-state index >= 15 is 0 Å². The lowest BCUT2D eigenvalue weighted by atomic mass is 9.99. The van der Waals surface area contributed by atoms with E-state index in [1.54, 1.807) is 0 Å². The fraction of sp³-hybridized carbons (Fsp3) is 0.500. The lowest BCUT2D eigenvalue weighted by molar-refractivity contribution is -0.146. The average Bonchev–Trinajstić information content (AvgIpc) is 3.00. The van der Waals surface area contributed by atoms with Crippen LogP contribution in [0.2, 0.25) is 0 Å². The van der Waals surface area contributed by atoms with Gasteiger partial charge in [-0.05, 0) is 11.6 Å². The standard InChI is InChI=1S/C16H17F3N2O3/c17-16(18,19)12-4-2-1-3-11(12)13-9-21(5-6-24-13)15(23)10-7-14(22)20-8-10/h1-4,10,13H,5-9H2,(H,20,22)/t10-,13-/m0/s1. The van der Waals surface area contributed by atoms with Crippen LogP contribution in [0, 0.1) is 5.92 Å².